The molecule has 7 heteroatoms. The number of anilines is 1. The smallest absolute Gasteiger partial charge is 0.262 e. The molecule has 0 spiro atoms. The third kappa shape index (κ3) is 5.28. The number of hydrogen-bond acceptors (Lipinski definition) is 2. The van der Waals surface area contributed by atoms with E-state index in [4.69, 9.17) is 23.8 Å². The number of aryl methyl sites for hydroxylation is 2. The number of hydrazine groups is 1. The van der Waals surface area contributed by atoms with Crippen LogP contribution in [0.15, 0.2) is 42.5 Å². The first-order valence-corrected chi connectivity index (χ1v) is 8.78. The summed E-state index contributed by atoms with van der Waals surface area (Å²) in [6, 6.07) is 10.3. The molecule has 0 radical (unpaired) electrons. The van der Waals surface area contributed by atoms with Crippen molar-refractivity contribution in [2.75, 3.05) is 5.32 Å². The number of nitrogens with one attached hydrogen (secondary N) is 3. The van der Waals surface area contributed by atoms with Crippen LogP contribution in [-0.4, -0.2) is 11.0 Å². The minimum Gasteiger partial charge on any atom is -0.331 e. The number of halogens is 2. The molecule has 0 bridgehead atoms. The van der Waals surface area contributed by atoms with Crippen molar-refractivity contribution in [2.45, 2.75) is 20.3 Å². The fourth-order valence-corrected chi connectivity index (χ4v) is 2.71. The maximum absolute atomic E-state index is 13.7. The zero-order valence-corrected chi connectivity index (χ0v) is 16.0. The summed E-state index contributed by atoms with van der Waals surface area (Å²) in [7, 11) is 0. The molecule has 0 unspecified atom stereocenters. The molecule has 0 atom stereocenters. The van der Waals surface area contributed by atoms with Crippen LogP contribution in [0.5, 0.6) is 0 Å². The molecule has 0 aliphatic heterocycles. The second-order valence-corrected chi connectivity index (χ2v) is 6.32. The van der Waals surface area contributed by atoms with E-state index in [9.17, 15) is 9.18 Å². The molecule has 0 heterocycles. The Bertz CT molecular complexity index is 834. The van der Waals surface area contributed by atoms with Crippen LogP contribution in [0.2, 0.25) is 5.02 Å². The van der Waals surface area contributed by atoms with Crippen molar-refractivity contribution in [1.82, 2.24) is 10.9 Å². The van der Waals surface area contributed by atoms with Crippen LogP contribution in [0.4, 0.5) is 10.1 Å². The first-order chi connectivity index (χ1) is 12.4. The molecule has 0 saturated carbocycles. The van der Waals surface area contributed by atoms with Crippen LogP contribution in [0, 0.1) is 12.7 Å². The van der Waals surface area contributed by atoms with E-state index in [1.807, 2.05) is 25.1 Å². The van der Waals surface area contributed by atoms with E-state index in [1.54, 1.807) is 6.07 Å². The number of hydrogen-bond donors (Lipinski definition) is 3. The van der Waals surface area contributed by atoms with E-state index in [-0.39, 0.29) is 15.7 Å². The van der Waals surface area contributed by atoms with Gasteiger partial charge in [-0.15, -0.1) is 0 Å². The molecule has 4 nitrogen and oxygen atoms in total. The fraction of sp³-hybridized carbons (Fsp3) is 0.158. The van der Waals surface area contributed by atoms with Crippen LogP contribution >= 0.6 is 23.8 Å². The van der Waals surface area contributed by atoms with Crippen molar-refractivity contribution in [2.24, 2.45) is 0 Å². The normalized spacial score (nSPS) is 10.6. The predicted octanol–water partition coefficient (Wildman–Crippen LogP) is 4.38. The first-order valence-electron chi connectivity index (χ1n) is 8.00. The molecule has 0 saturated heterocycles. The maximum atomic E-state index is 13.7. The molecule has 2 aromatic rings. The van der Waals surface area contributed by atoms with Gasteiger partial charge in [0.2, 0.25) is 0 Å². The third-order valence-corrected chi connectivity index (χ3v) is 4.21. The molecule has 0 fully saturated rings. The van der Waals surface area contributed by atoms with Crippen LogP contribution in [0.3, 0.4) is 0 Å². The molecular weight excluding hydrogens is 373 g/mol. The highest BCUT2D eigenvalue weighted by Gasteiger charge is 2.07. The molecule has 2 aromatic carbocycles. The molecule has 136 valence electrons. The van der Waals surface area contributed by atoms with Gasteiger partial charge in [0, 0.05) is 17.3 Å². The second-order valence-electron chi connectivity index (χ2n) is 5.50. The predicted molar refractivity (Wildman–Crippen MR) is 109 cm³/mol. The van der Waals surface area contributed by atoms with Gasteiger partial charge >= 0.3 is 0 Å². The minimum atomic E-state index is -0.502. The fourth-order valence-electron chi connectivity index (χ4n) is 2.34. The Labute approximate surface area is 162 Å². The Morgan fingerprint density at radius 1 is 1.23 bits per heavy atom. The average Bonchev–Trinajstić information content (AvgIpc) is 2.61. The quantitative estimate of drug-likeness (QED) is 0.411. The monoisotopic (exact) mass is 391 g/mol. The molecule has 0 aliphatic rings. The summed E-state index contributed by atoms with van der Waals surface area (Å²) >= 11 is 11.1. The molecule has 3 N–H and O–H groups in total. The van der Waals surface area contributed by atoms with Gasteiger partial charge in [-0.05, 0) is 54.9 Å². The van der Waals surface area contributed by atoms with Gasteiger partial charge in [0.1, 0.15) is 5.82 Å². The summed E-state index contributed by atoms with van der Waals surface area (Å²) in [5.41, 5.74) is 8.27. The molecule has 0 aliphatic carbocycles. The topological polar surface area (TPSA) is 53.2 Å². The van der Waals surface area contributed by atoms with Gasteiger partial charge in [0.05, 0.1) is 5.02 Å². The number of amides is 1. The third-order valence-electron chi connectivity index (χ3n) is 3.68. The Kier molecular flexibility index (Phi) is 7.12. The number of carbonyl (C=O) groups excluding carboxylic acids is 1. The van der Waals surface area contributed by atoms with Crippen molar-refractivity contribution in [3.05, 3.63) is 70.0 Å². The van der Waals surface area contributed by atoms with Gasteiger partial charge in [-0.1, -0.05) is 42.8 Å². The highest BCUT2D eigenvalue weighted by atomic mass is 35.5. The van der Waals surface area contributed by atoms with E-state index in [0.29, 0.717) is 0 Å². The molecule has 0 aromatic heterocycles. The van der Waals surface area contributed by atoms with E-state index in [0.717, 1.165) is 23.2 Å². The highest BCUT2D eigenvalue weighted by Crippen LogP contribution is 2.21. The summed E-state index contributed by atoms with van der Waals surface area (Å²) in [5.74, 6) is -0.993. The number of carbonyl (C=O) groups is 1. The summed E-state index contributed by atoms with van der Waals surface area (Å²) in [6.07, 6.45) is 3.33. The Morgan fingerprint density at radius 2 is 1.96 bits per heavy atom. The summed E-state index contributed by atoms with van der Waals surface area (Å²) in [6.45, 7) is 4.03. The van der Waals surface area contributed by atoms with Crippen molar-refractivity contribution >= 4 is 46.6 Å². The molecule has 26 heavy (non-hydrogen) atoms. The lowest BCUT2D eigenvalue weighted by Crippen LogP contribution is -2.43. The summed E-state index contributed by atoms with van der Waals surface area (Å²) < 4.78 is 13.7. The Balaban J connectivity index is 1.93. The van der Waals surface area contributed by atoms with E-state index in [2.05, 4.69) is 23.1 Å². The number of para-hydroxylation sites is 1. The zero-order valence-electron chi connectivity index (χ0n) is 14.4. The summed E-state index contributed by atoms with van der Waals surface area (Å²) in [5, 5.41) is 3.55. The van der Waals surface area contributed by atoms with Gasteiger partial charge in [-0.3, -0.25) is 15.6 Å². The van der Waals surface area contributed by atoms with Crippen LogP contribution < -0.4 is 16.2 Å². The standard InChI is InChI=1S/C19H19ClFN3OS/c1-3-13-7-4-6-12(2)18(13)22-19(26)24-23-17(25)11-10-14-15(20)8-5-9-16(14)21/h4-11H,3H2,1-2H3,(H,23,25)(H2,22,24,26)/b11-10+. The average molecular weight is 392 g/mol. The number of benzene rings is 2. The van der Waals surface area contributed by atoms with Gasteiger partial charge < -0.3 is 5.32 Å². The number of rotatable bonds is 4. The lowest BCUT2D eigenvalue weighted by atomic mass is 10.1. The number of thiocarbonyl (C=S) groups is 1. The Morgan fingerprint density at radius 3 is 2.65 bits per heavy atom. The molecular formula is C19H19ClFN3OS. The zero-order chi connectivity index (χ0) is 19.1. The second kappa shape index (κ2) is 9.31. The molecule has 1 amide bonds. The Hall–Kier alpha value is -2.44. The van der Waals surface area contributed by atoms with Gasteiger partial charge in [0.25, 0.3) is 5.91 Å². The van der Waals surface area contributed by atoms with Crippen molar-refractivity contribution in [3.8, 4) is 0 Å². The van der Waals surface area contributed by atoms with E-state index < -0.39 is 11.7 Å². The lowest BCUT2D eigenvalue weighted by Gasteiger charge is -2.15. The van der Waals surface area contributed by atoms with Crippen molar-refractivity contribution < 1.29 is 9.18 Å². The van der Waals surface area contributed by atoms with Gasteiger partial charge in [0.15, 0.2) is 5.11 Å². The van der Waals surface area contributed by atoms with Crippen LogP contribution in [0.1, 0.15) is 23.6 Å². The van der Waals surface area contributed by atoms with Crippen LogP contribution in [0.25, 0.3) is 6.08 Å². The molecule has 2 rings (SSSR count). The van der Waals surface area contributed by atoms with Crippen molar-refractivity contribution in [1.29, 1.82) is 0 Å². The highest BCUT2D eigenvalue weighted by molar-refractivity contribution is 7.80. The maximum Gasteiger partial charge on any atom is 0.262 e. The van der Waals surface area contributed by atoms with Gasteiger partial charge in [-0.2, -0.15) is 0 Å². The van der Waals surface area contributed by atoms with E-state index in [1.165, 1.54) is 24.3 Å². The van der Waals surface area contributed by atoms with Crippen LogP contribution in [-0.2, 0) is 11.2 Å². The summed E-state index contributed by atoms with van der Waals surface area (Å²) in [4.78, 5) is 11.9. The minimum absolute atomic E-state index is 0.150. The lowest BCUT2D eigenvalue weighted by molar-refractivity contribution is -0.116. The SMILES string of the molecule is CCc1cccc(C)c1NC(=S)NNC(=O)/C=C/c1c(F)cccc1Cl. The van der Waals surface area contributed by atoms with E-state index >= 15 is 0 Å². The first kappa shape index (κ1) is 19.9. The largest absolute Gasteiger partial charge is 0.331 e. The van der Waals surface area contributed by atoms with Crippen molar-refractivity contribution in [3.63, 3.8) is 0 Å². The van der Waals surface area contributed by atoms with Gasteiger partial charge in [-0.25, -0.2) is 4.39 Å².